The van der Waals surface area contributed by atoms with Crippen molar-refractivity contribution < 1.29 is 18.4 Å². The van der Waals surface area contributed by atoms with Crippen LogP contribution in [0.4, 0.5) is 14.5 Å². The molecular formula is C20H16F2N2O2S2. The van der Waals surface area contributed by atoms with Gasteiger partial charge >= 0.3 is 0 Å². The summed E-state index contributed by atoms with van der Waals surface area (Å²) in [5.41, 5.74) is 1.92. The number of hydrogen-bond donors (Lipinski definition) is 1. The summed E-state index contributed by atoms with van der Waals surface area (Å²) >= 11 is 2.61. The molecule has 1 heterocycles. The first-order valence-corrected chi connectivity index (χ1v) is 10.2. The molecule has 0 saturated heterocycles. The van der Waals surface area contributed by atoms with Gasteiger partial charge in [-0.3, -0.25) is 9.59 Å². The SMILES string of the molecule is Cc1ccc(NC(=O)Cc2csc(SCC(=O)c3ccc(F)cc3)n2)cc1F. The van der Waals surface area contributed by atoms with Crippen molar-refractivity contribution in [3.8, 4) is 0 Å². The molecule has 4 nitrogen and oxygen atoms in total. The topological polar surface area (TPSA) is 59.1 Å². The van der Waals surface area contributed by atoms with Crippen molar-refractivity contribution in [1.29, 1.82) is 0 Å². The van der Waals surface area contributed by atoms with E-state index >= 15 is 0 Å². The van der Waals surface area contributed by atoms with Gasteiger partial charge in [0, 0.05) is 16.6 Å². The second-order valence-electron chi connectivity index (χ2n) is 6.01. The number of benzene rings is 2. The molecule has 0 spiro atoms. The fourth-order valence-corrected chi connectivity index (χ4v) is 4.06. The number of anilines is 1. The van der Waals surface area contributed by atoms with E-state index in [9.17, 15) is 18.4 Å². The molecule has 0 bridgehead atoms. The number of carbonyl (C=O) groups excluding carboxylic acids is 2. The molecule has 0 aliphatic heterocycles. The maximum Gasteiger partial charge on any atom is 0.230 e. The Morgan fingerprint density at radius 1 is 1.14 bits per heavy atom. The average molecular weight is 418 g/mol. The number of nitrogens with one attached hydrogen (secondary N) is 1. The van der Waals surface area contributed by atoms with E-state index in [1.165, 1.54) is 53.4 Å². The molecule has 0 atom stereocenters. The van der Waals surface area contributed by atoms with Gasteiger partial charge in [-0.2, -0.15) is 0 Å². The van der Waals surface area contributed by atoms with Gasteiger partial charge in [0.25, 0.3) is 0 Å². The highest BCUT2D eigenvalue weighted by molar-refractivity contribution is 8.01. The minimum absolute atomic E-state index is 0.0540. The van der Waals surface area contributed by atoms with Crippen LogP contribution < -0.4 is 5.32 Å². The number of nitrogens with zero attached hydrogens (tertiary/aromatic N) is 1. The molecule has 0 aliphatic carbocycles. The Morgan fingerprint density at radius 3 is 2.61 bits per heavy atom. The highest BCUT2D eigenvalue weighted by Gasteiger charge is 2.12. The van der Waals surface area contributed by atoms with Crippen LogP contribution in [0.5, 0.6) is 0 Å². The van der Waals surface area contributed by atoms with E-state index in [1.54, 1.807) is 24.4 Å². The number of rotatable bonds is 7. The Balaban J connectivity index is 1.52. The molecule has 0 aliphatic rings. The first-order valence-electron chi connectivity index (χ1n) is 8.32. The molecule has 0 fully saturated rings. The first-order chi connectivity index (χ1) is 13.4. The number of amides is 1. The highest BCUT2D eigenvalue weighted by Crippen LogP contribution is 2.24. The van der Waals surface area contributed by atoms with Crippen molar-refractivity contribution in [3.05, 3.63) is 76.3 Å². The van der Waals surface area contributed by atoms with Crippen molar-refractivity contribution in [2.24, 2.45) is 0 Å². The third-order valence-electron chi connectivity index (χ3n) is 3.82. The molecule has 0 saturated carbocycles. The van der Waals surface area contributed by atoms with Crippen LogP contribution in [-0.2, 0) is 11.2 Å². The number of ketones is 1. The lowest BCUT2D eigenvalue weighted by Crippen LogP contribution is -2.14. The van der Waals surface area contributed by atoms with E-state index in [2.05, 4.69) is 10.3 Å². The number of aryl methyl sites for hydroxylation is 1. The summed E-state index contributed by atoms with van der Waals surface area (Å²) in [5, 5.41) is 4.39. The first kappa shape index (κ1) is 20.2. The van der Waals surface area contributed by atoms with Crippen molar-refractivity contribution in [3.63, 3.8) is 0 Å². The molecule has 1 N–H and O–H groups in total. The van der Waals surface area contributed by atoms with Gasteiger partial charge < -0.3 is 5.32 Å². The molecule has 1 amide bonds. The Morgan fingerprint density at radius 2 is 1.89 bits per heavy atom. The van der Waals surface area contributed by atoms with Gasteiger partial charge in [0.05, 0.1) is 17.9 Å². The van der Waals surface area contributed by atoms with Crippen LogP contribution in [0, 0.1) is 18.6 Å². The van der Waals surface area contributed by atoms with Gasteiger partial charge in [-0.1, -0.05) is 17.8 Å². The molecule has 28 heavy (non-hydrogen) atoms. The van der Waals surface area contributed by atoms with Gasteiger partial charge in [-0.25, -0.2) is 13.8 Å². The van der Waals surface area contributed by atoms with E-state index < -0.39 is 0 Å². The second kappa shape index (κ2) is 9.07. The summed E-state index contributed by atoms with van der Waals surface area (Å²) in [6, 6.07) is 9.90. The third kappa shape index (κ3) is 5.46. The fraction of sp³-hybridized carbons (Fsp3) is 0.150. The van der Waals surface area contributed by atoms with Crippen LogP contribution in [0.15, 0.2) is 52.2 Å². The molecule has 3 rings (SSSR count). The predicted octanol–water partition coefficient (Wildman–Crippen LogP) is 4.89. The number of carbonyl (C=O) groups is 2. The standard InChI is InChI=1S/C20H16F2N2O2S2/c1-12-2-7-15(8-17(12)22)23-19(26)9-16-10-27-20(24-16)28-11-18(25)13-3-5-14(21)6-4-13/h2-8,10H,9,11H2,1H3,(H,23,26). The van der Waals surface area contributed by atoms with Gasteiger partial charge in [-0.05, 0) is 48.9 Å². The minimum atomic E-state index is -0.388. The van der Waals surface area contributed by atoms with Crippen LogP contribution in [0.1, 0.15) is 21.6 Å². The smallest absolute Gasteiger partial charge is 0.230 e. The summed E-state index contributed by atoms with van der Waals surface area (Å²) in [7, 11) is 0. The molecule has 144 valence electrons. The molecule has 0 radical (unpaired) electrons. The molecule has 3 aromatic rings. The summed E-state index contributed by atoms with van der Waals surface area (Å²) in [6.45, 7) is 1.65. The quantitative estimate of drug-likeness (QED) is 0.439. The Labute approximate surface area is 169 Å². The van der Waals surface area contributed by atoms with Gasteiger partial charge in [-0.15, -0.1) is 11.3 Å². The van der Waals surface area contributed by atoms with Crippen LogP contribution >= 0.6 is 23.1 Å². The van der Waals surface area contributed by atoms with Crippen molar-refractivity contribution in [2.45, 2.75) is 17.7 Å². The van der Waals surface area contributed by atoms with Crippen molar-refractivity contribution in [2.75, 3.05) is 11.1 Å². The Kier molecular flexibility index (Phi) is 6.53. The van der Waals surface area contributed by atoms with Crippen LogP contribution in [0.3, 0.4) is 0 Å². The van der Waals surface area contributed by atoms with Crippen molar-refractivity contribution >= 4 is 40.5 Å². The monoisotopic (exact) mass is 418 g/mol. The number of thioether (sulfide) groups is 1. The summed E-state index contributed by atoms with van der Waals surface area (Å²) < 4.78 is 27.1. The van der Waals surface area contributed by atoms with Crippen LogP contribution in [0.25, 0.3) is 0 Å². The number of thiazole rings is 1. The van der Waals surface area contributed by atoms with E-state index in [-0.39, 0.29) is 35.5 Å². The summed E-state index contributed by atoms with van der Waals surface area (Å²) in [5.74, 6) is -1.02. The number of halogens is 2. The van der Waals surface area contributed by atoms with Gasteiger partial charge in [0.15, 0.2) is 10.1 Å². The maximum atomic E-state index is 13.5. The van der Waals surface area contributed by atoms with Gasteiger partial charge in [0.1, 0.15) is 11.6 Å². The molecule has 2 aromatic carbocycles. The molecule has 8 heteroatoms. The summed E-state index contributed by atoms with van der Waals surface area (Å²) in [6.07, 6.45) is 0.0540. The third-order valence-corrected chi connectivity index (χ3v) is 5.89. The minimum Gasteiger partial charge on any atom is -0.326 e. The normalized spacial score (nSPS) is 10.7. The second-order valence-corrected chi connectivity index (χ2v) is 8.09. The average Bonchev–Trinajstić information content (AvgIpc) is 3.10. The van der Waals surface area contributed by atoms with Crippen LogP contribution in [-0.4, -0.2) is 22.4 Å². The lowest BCUT2D eigenvalue weighted by Gasteiger charge is -2.05. The van der Waals surface area contributed by atoms with E-state index in [4.69, 9.17) is 0 Å². The zero-order valence-electron chi connectivity index (χ0n) is 14.9. The lowest BCUT2D eigenvalue weighted by molar-refractivity contribution is -0.115. The molecule has 1 aromatic heterocycles. The highest BCUT2D eigenvalue weighted by atomic mass is 32.2. The molecule has 0 unspecified atom stereocenters. The van der Waals surface area contributed by atoms with E-state index in [0.717, 1.165) is 0 Å². The fourth-order valence-electron chi connectivity index (χ4n) is 2.32. The van der Waals surface area contributed by atoms with Gasteiger partial charge in [0.2, 0.25) is 5.91 Å². The maximum absolute atomic E-state index is 13.5. The lowest BCUT2D eigenvalue weighted by atomic mass is 10.1. The van der Waals surface area contributed by atoms with E-state index in [1.807, 2.05) is 0 Å². The van der Waals surface area contributed by atoms with Crippen LogP contribution in [0.2, 0.25) is 0 Å². The number of Topliss-reactive ketones (excluding diaryl/α,β-unsaturated/α-hetero) is 1. The number of hydrogen-bond acceptors (Lipinski definition) is 5. The zero-order valence-corrected chi connectivity index (χ0v) is 16.5. The van der Waals surface area contributed by atoms with E-state index in [0.29, 0.717) is 26.8 Å². The Bertz CT molecular complexity index is 1000. The Hall–Kier alpha value is -2.58. The largest absolute Gasteiger partial charge is 0.326 e. The zero-order chi connectivity index (χ0) is 20.1. The number of aromatic nitrogens is 1. The predicted molar refractivity (Wildman–Crippen MR) is 107 cm³/mol. The molecular weight excluding hydrogens is 402 g/mol. The summed E-state index contributed by atoms with van der Waals surface area (Å²) in [4.78, 5) is 28.6. The van der Waals surface area contributed by atoms with Crippen molar-refractivity contribution in [1.82, 2.24) is 4.98 Å².